The average Bonchev–Trinajstić information content (AvgIpc) is 2.58. The molecule has 0 aliphatic heterocycles. The molecule has 0 atom stereocenters. The quantitative estimate of drug-likeness (QED) is 0.377. The van der Waals surface area contributed by atoms with Crippen molar-refractivity contribution in [2.24, 2.45) is 0 Å². The minimum atomic E-state index is -0.0877. The van der Waals surface area contributed by atoms with Crippen LogP contribution in [0.5, 0.6) is 0 Å². The maximum atomic E-state index is 13.2. The van der Waals surface area contributed by atoms with Crippen LogP contribution >= 0.6 is 23.4 Å². The molecule has 0 N–H and O–H groups in total. The number of fused-ring (bicyclic) bond motifs is 1. The van der Waals surface area contributed by atoms with E-state index in [4.69, 9.17) is 21.3 Å². The normalized spacial score (nSPS) is 11.2. The maximum absolute atomic E-state index is 13.2. The number of thioether (sulfide) groups is 1. The van der Waals surface area contributed by atoms with Gasteiger partial charge in [0.15, 0.2) is 5.16 Å². The molecule has 1 aromatic heterocycles. The summed E-state index contributed by atoms with van der Waals surface area (Å²) in [6, 6.07) is 11.1. The number of hydrogen-bond donors (Lipinski definition) is 0. The van der Waals surface area contributed by atoms with Crippen molar-refractivity contribution in [2.75, 3.05) is 19.5 Å². The molecule has 130 valence electrons. The fourth-order valence-corrected chi connectivity index (χ4v) is 3.71. The number of nitrogens with zero attached hydrogens (tertiary/aromatic N) is 2. The van der Waals surface area contributed by atoms with Gasteiger partial charge in [-0.05, 0) is 49.2 Å². The van der Waals surface area contributed by atoms with E-state index in [1.807, 2.05) is 32.0 Å². The molecule has 4 nitrogen and oxygen atoms in total. The van der Waals surface area contributed by atoms with Gasteiger partial charge in [-0.2, -0.15) is 0 Å². The lowest BCUT2D eigenvalue weighted by molar-refractivity contribution is 0.218. The van der Waals surface area contributed by atoms with Crippen molar-refractivity contribution in [3.63, 3.8) is 0 Å². The van der Waals surface area contributed by atoms with Crippen LogP contribution in [0, 0.1) is 13.8 Å². The van der Waals surface area contributed by atoms with Crippen molar-refractivity contribution in [2.45, 2.75) is 19.0 Å². The Bertz CT molecular complexity index is 985. The van der Waals surface area contributed by atoms with Crippen molar-refractivity contribution in [3.05, 3.63) is 62.9 Å². The molecule has 0 saturated heterocycles. The molecule has 2 aromatic carbocycles. The van der Waals surface area contributed by atoms with Crippen molar-refractivity contribution in [1.82, 2.24) is 9.55 Å². The Morgan fingerprint density at radius 2 is 2.04 bits per heavy atom. The molecule has 0 spiro atoms. The molecule has 1 heterocycles. The van der Waals surface area contributed by atoms with Gasteiger partial charge < -0.3 is 4.74 Å². The molecule has 3 aromatic rings. The summed E-state index contributed by atoms with van der Waals surface area (Å²) in [6.45, 7) is 4.64. The fourth-order valence-electron chi connectivity index (χ4n) is 2.64. The van der Waals surface area contributed by atoms with Gasteiger partial charge in [0.2, 0.25) is 0 Å². The molecule has 0 amide bonds. The molecule has 3 rings (SSSR count). The van der Waals surface area contributed by atoms with E-state index in [-0.39, 0.29) is 5.56 Å². The first kappa shape index (κ1) is 18.0. The van der Waals surface area contributed by atoms with Crippen molar-refractivity contribution >= 4 is 34.3 Å². The monoisotopic (exact) mass is 374 g/mol. The molecular weight excluding hydrogens is 356 g/mol. The Labute approximate surface area is 155 Å². The predicted molar refractivity (Wildman–Crippen MR) is 104 cm³/mol. The Morgan fingerprint density at radius 1 is 1.24 bits per heavy atom. The lowest BCUT2D eigenvalue weighted by Gasteiger charge is -2.16. The summed E-state index contributed by atoms with van der Waals surface area (Å²) < 4.78 is 6.83. The first-order valence-electron chi connectivity index (χ1n) is 7.93. The topological polar surface area (TPSA) is 44.1 Å². The van der Waals surface area contributed by atoms with E-state index in [1.54, 1.807) is 29.9 Å². The van der Waals surface area contributed by atoms with E-state index in [9.17, 15) is 4.79 Å². The van der Waals surface area contributed by atoms with Crippen molar-refractivity contribution in [3.8, 4) is 5.69 Å². The van der Waals surface area contributed by atoms with Crippen LogP contribution in [0.3, 0.4) is 0 Å². The van der Waals surface area contributed by atoms with Gasteiger partial charge in [0.25, 0.3) is 5.56 Å². The Kier molecular flexibility index (Phi) is 5.47. The molecule has 0 saturated carbocycles. The standard InChI is InChI=1S/C19H19ClN2O2S/c1-12-5-4-6-17(13(12)2)22-18(23)15-8-7-14(20)11-16(15)21-19(22)25-10-9-24-3/h4-8,11H,9-10H2,1-3H3. The summed E-state index contributed by atoms with van der Waals surface area (Å²) in [5.74, 6) is 0.708. The molecule has 0 fully saturated rings. The predicted octanol–water partition coefficient (Wildman–Crippen LogP) is 4.39. The van der Waals surface area contributed by atoms with E-state index in [1.165, 1.54) is 11.8 Å². The molecule has 0 aliphatic rings. The van der Waals surface area contributed by atoms with Gasteiger partial charge in [0.1, 0.15) is 0 Å². The van der Waals surface area contributed by atoms with Crippen LogP contribution in [0.15, 0.2) is 46.3 Å². The summed E-state index contributed by atoms with van der Waals surface area (Å²) in [4.78, 5) is 17.9. The van der Waals surface area contributed by atoms with Crippen molar-refractivity contribution < 1.29 is 4.74 Å². The summed E-state index contributed by atoms with van der Waals surface area (Å²) in [5.41, 5.74) is 3.57. The average molecular weight is 375 g/mol. The largest absolute Gasteiger partial charge is 0.384 e. The van der Waals surface area contributed by atoms with Gasteiger partial charge in [-0.1, -0.05) is 35.5 Å². The Morgan fingerprint density at radius 3 is 2.80 bits per heavy atom. The summed E-state index contributed by atoms with van der Waals surface area (Å²) >= 11 is 7.58. The van der Waals surface area contributed by atoms with Crippen LogP contribution in [0.2, 0.25) is 5.02 Å². The third-order valence-corrected chi connectivity index (χ3v) is 5.27. The van der Waals surface area contributed by atoms with Crippen molar-refractivity contribution in [1.29, 1.82) is 0 Å². The second kappa shape index (κ2) is 7.60. The zero-order chi connectivity index (χ0) is 18.0. The van der Waals surface area contributed by atoms with Crippen LogP contribution in [-0.2, 0) is 4.74 Å². The lowest BCUT2D eigenvalue weighted by Crippen LogP contribution is -2.23. The molecule has 0 aliphatic carbocycles. The van der Waals surface area contributed by atoms with Crippen LogP contribution in [0.1, 0.15) is 11.1 Å². The second-order valence-electron chi connectivity index (χ2n) is 5.76. The van der Waals surface area contributed by atoms with Crippen LogP contribution < -0.4 is 5.56 Å². The third-order valence-electron chi connectivity index (χ3n) is 4.14. The number of aromatic nitrogens is 2. The highest BCUT2D eigenvalue weighted by Gasteiger charge is 2.15. The smallest absolute Gasteiger partial charge is 0.266 e. The van der Waals surface area contributed by atoms with E-state index >= 15 is 0 Å². The molecule has 25 heavy (non-hydrogen) atoms. The van der Waals surface area contributed by atoms with Gasteiger partial charge in [-0.25, -0.2) is 4.98 Å². The number of methoxy groups -OCH3 is 1. The van der Waals surface area contributed by atoms with Gasteiger partial charge >= 0.3 is 0 Å². The van der Waals surface area contributed by atoms with E-state index in [2.05, 4.69) is 0 Å². The van der Waals surface area contributed by atoms with Gasteiger partial charge in [-0.15, -0.1) is 0 Å². The number of halogens is 1. The summed E-state index contributed by atoms with van der Waals surface area (Å²) in [6.07, 6.45) is 0. The van der Waals surface area contributed by atoms with E-state index < -0.39 is 0 Å². The van der Waals surface area contributed by atoms with Gasteiger partial charge in [0, 0.05) is 17.9 Å². The molecule has 0 bridgehead atoms. The molecular formula is C19H19ClN2O2S. The van der Waals surface area contributed by atoms with Crippen LogP contribution in [0.4, 0.5) is 0 Å². The van der Waals surface area contributed by atoms with E-state index in [0.717, 1.165) is 16.8 Å². The minimum absolute atomic E-state index is 0.0877. The van der Waals surface area contributed by atoms with Crippen LogP contribution in [0.25, 0.3) is 16.6 Å². The zero-order valence-corrected chi connectivity index (χ0v) is 15.9. The molecule has 0 radical (unpaired) electrons. The zero-order valence-electron chi connectivity index (χ0n) is 14.4. The third kappa shape index (κ3) is 3.59. The van der Waals surface area contributed by atoms with Crippen LogP contribution in [-0.4, -0.2) is 29.0 Å². The van der Waals surface area contributed by atoms with Gasteiger partial charge in [-0.3, -0.25) is 9.36 Å². The number of ether oxygens (including phenoxy) is 1. The Balaban J connectivity index is 2.28. The highest BCUT2D eigenvalue weighted by atomic mass is 35.5. The fraction of sp³-hybridized carbons (Fsp3) is 0.263. The van der Waals surface area contributed by atoms with E-state index in [0.29, 0.717) is 33.4 Å². The molecule has 0 unspecified atom stereocenters. The lowest BCUT2D eigenvalue weighted by atomic mass is 10.1. The first-order valence-corrected chi connectivity index (χ1v) is 9.30. The van der Waals surface area contributed by atoms with Gasteiger partial charge in [0.05, 0.1) is 23.2 Å². The maximum Gasteiger partial charge on any atom is 0.266 e. The number of aryl methyl sites for hydroxylation is 1. The second-order valence-corrected chi connectivity index (χ2v) is 7.26. The SMILES string of the molecule is COCCSc1nc2cc(Cl)ccc2c(=O)n1-c1cccc(C)c1C. The summed E-state index contributed by atoms with van der Waals surface area (Å²) in [5, 5.41) is 1.77. The first-order chi connectivity index (χ1) is 12.0. The number of benzene rings is 2. The number of rotatable bonds is 5. The highest BCUT2D eigenvalue weighted by molar-refractivity contribution is 7.99. The number of hydrogen-bond acceptors (Lipinski definition) is 4. The Hall–Kier alpha value is -1.82. The highest BCUT2D eigenvalue weighted by Crippen LogP contribution is 2.25. The minimum Gasteiger partial charge on any atom is -0.384 e. The summed E-state index contributed by atoms with van der Waals surface area (Å²) in [7, 11) is 1.66. The molecule has 6 heteroatoms.